The second kappa shape index (κ2) is 7.62. The highest BCUT2D eigenvalue weighted by atomic mass is 35.5. The van der Waals surface area contributed by atoms with Crippen molar-refractivity contribution in [2.45, 2.75) is 25.4 Å². The molecule has 5 heteroatoms. The predicted octanol–water partition coefficient (Wildman–Crippen LogP) is 1.46. The van der Waals surface area contributed by atoms with Gasteiger partial charge in [0.25, 0.3) is 0 Å². The molecule has 0 spiro atoms. The molecule has 0 unspecified atom stereocenters. The number of halogens is 1. The Hall–Kier alpha value is -1.10. The Morgan fingerprint density at radius 1 is 1.40 bits per heavy atom. The first kappa shape index (κ1) is 15.3. The first-order chi connectivity index (χ1) is 9.63. The van der Waals surface area contributed by atoms with Crippen LogP contribution < -0.4 is 5.32 Å². The van der Waals surface area contributed by atoms with Crippen molar-refractivity contribution in [2.75, 3.05) is 26.2 Å². The average Bonchev–Trinajstić information content (AvgIpc) is 2.41. The molecule has 1 saturated heterocycles. The van der Waals surface area contributed by atoms with Crippen molar-refractivity contribution in [3.05, 3.63) is 34.9 Å². The summed E-state index contributed by atoms with van der Waals surface area (Å²) in [6.07, 6.45) is 2.11. The first-order valence-corrected chi connectivity index (χ1v) is 7.43. The van der Waals surface area contributed by atoms with Gasteiger partial charge >= 0.3 is 0 Å². The quantitative estimate of drug-likeness (QED) is 0.865. The minimum Gasteiger partial charge on any atom is -0.393 e. The van der Waals surface area contributed by atoms with Gasteiger partial charge in [-0.2, -0.15) is 0 Å². The van der Waals surface area contributed by atoms with Gasteiger partial charge in [-0.25, -0.2) is 0 Å². The second-order valence-corrected chi connectivity index (χ2v) is 5.67. The van der Waals surface area contributed by atoms with Crippen molar-refractivity contribution in [2.24, 2.45) is 0 Å². The molecule has 4 nitrogen and oxygen atoms in total. The number of carbonyl (C=O) groups is 1. The number of amides is 1. The molecule has 0 aliphatic carbocycles. The van der Waals surface area contributed by atoms with Crippen LogP contribution in [0.5, 0.6) is 0 Å². The molecule has 1 aromatic rings. The van der Waals surface area contributed by atoms with E-state index in [0.29, 0.717) is 13.1 Å². The average molecular weight is 297 g/mol. The highest BCUT2D eigenvalue weighted by Crippen LogP contribution is 2.11. The number of likely N-dealkylation sites (tertiary alicyclic amines) is 1. The molecule has 0 aromatic heterocycles. The van der Waals surface area contributed by atoms with Gasteiger partial charge in [0.05, 0.1) is 12.6 Å². The molecule has 2 N–H and O–H groups in total. The van der Waals surface area contributed by atoms with Crippen LogP contribution in [0.4, 0.5) is 0 Å². The van der Waals surface area contributed by atoms with Crippen LogP contribution >= 0.6 is 11.6 Å². The summed E-state index contributed by atoms with van der Waals surface area (Å²) in [5.41, 5.74) is 1.12. The molecule has 1 amide bonds. The number of benzene rings is 1. The maximum Gasteiger partial charge on any atom is 0.234 e. The number of hydrogen-bond acceptors (Lipinski definition) is 3. The van der Waals surface area contributed by atoms with Crippen molar-refractivity contribution >= 4 is 17.5 Å². The SMILES string of the molecule is O=C(CN1CCC(O)CC1)NCCc1cccc(Cl)c1. The molecule has 0 atom stereocenters. The zero-order valence-corrected chi connectivity index (χ0v) is 12.3. The number of rotatable bonds is 5. The van der Waals surface area contributed by atoms with Gasteiger partial charge in [0, 0.05) is 24.7 Å². The van der Waals surface area contributed by atoms with Gasteiger partial charge in [-0.15, -0.1) is 0 Å². The summed E-state index contributed by atoms with van der Waals surface area (Å²) < 4.78 is 0. The third-order valence-electron chi connectivity index (χ3n) is 3.55. The first-order valence-electron chi connectivity index (χ1n) is 7.05. The highest BCUT2D eigenvalue weighted by molar-refractivity contribution is 6.30. The van der Waals surface area contributed by atoms with E-state index in [0.717, 1.165) is 42.9 Å². The number of nitrogens with one attached hydrogen (secondary N) is 1. The van der Waals surface area contributed by atoms with Gasteiger partial charge in [-0.1, -0.05) is 23.7 Å². The Morgan fingerprint density at radius 3 is 2.85 bits per heavy atom. The Kier molecular flexibility index (Phi) is 5.83. The third kappa shape index (κ3) is 5.12. The van der Waals surface area contributed by atoms with E-state index in [1.807, 2.05) is 24.3 Å². The summed E-state index contributed by atoms with van der Waals surface area (Å²) >= 11 is 5.91. The molecule has 1 aliphatic rings. The van der Waals surface area contributed by atoms with Crippen LogP contribution in [0.2, 0.25) is 5.02 Å². The molecule has 1 aliphatic heterocycles. The van der Waals surface area contributed by atoms with Crippen LogP contribution in [0.1, 0.15) is 18.4 Å². The standard InChI is InChI=1S/C15H21ClN2O2/c16-13-3-1-2-12(10-13)4-7-17-15(20)11-18-8-5-14(19)6-9-18/h1-3,10,14,19H,4-9,11H2,(H,17,20). The Bertz CT molecular complexity index is 445. The van der Waals surface area contributed by atoms with Crippen LogP contribution in [0, 0.1) is 0 Å². The van der Waals surface area contributed by atoms with E-state index in [1.54, 1.807) is 0 Å². The van der Waals surface area contributed by atoms with Gasteiger partial charge in [0.15, 0.2) is 0 Å². The number of piperidine rings is 1. The van der Waals surface area contributed by atoms with Gasteiger partial charge in [-0.05, 0) is 37.0 Å². The van der Waals surface area contributed by atoms with Crippen molar-refractivity contribution in [1.29, 1.82) is 0 Å². The highest BCUT2D eigenvalue weighted by Gasteiger charge is 2.18. The molecular formula is C15H21ClN2O2. The van der Waals surface area contributed by atoms with E-state index in [-0.39, 0.29) is 12.0 Å². The maximum absolute atomic E-state index is 11.8. The summed E-state index contributed by atoms with van der Waals surface area (Å²) in [4.78, 5) is 13.9. The number of nitrogens with zero attached hydrogens (tertiary/aromatic N) is 1. The number of aliphatic hydroxyl groups is 1. The van der Waals surface area contributed by atoms with Gasteiger partial charge in [-0.3, -0.25) is 9.69 Å². The molecule has 1 fully saturated rings. The normalized spacial score (nSPS) is 17.1. The van der Waals surface area contributed by atoms with Gasteiger partial charge in [0.1, 0.15) is 0 Å². The van der Waals surface area contributed by atoms with Crippen LogP contribution in [0.3, 0.4) is 0 Å². The summed E-state index contributed by atoms with van der Waals surface area (Å²) in [7, 11) is 0. The Balaban J connectivity index is 1.65. The van der Waals surface area contributed by atoms with Crippen LogP contribution in [0.25, 0.3) is 0 Å². The van der Waals surface area contributed by atoms with Crippen molar-refractivity contribution in [3.63, 3.8) is 0 Å². The summed E-state index contributed by atoms with van der Waals surface area (Å²) in [6.45, 7) is 2.63. The lowest BCUT2D eigenvalue weighted by molar-refractivity contribution is -0.122. The second-order valence-electron chi connectivity index (χ2n) is 5.24. The molecule has 1 heterocycles. The molecule has 20 heavy (non-hydrogen) atoms. The fourth-order valence-electron chi connectivity index (χ4n) is 2.38. The van der Waals surface area contributed by atoms with Gasteiger partial charge < -0.3 is 10.4 Å². The summed E-state index contributed by atoms with van der Waals surface area (Å²) in [5, 5.41) is 13.1. The van der Waals surface area contributed by atoms with Crippen LogP contribution in [0.15, 0.2) is 24.3 Å². The lowest BCUT2D eigenvalue weighted by atomic mass is 10.1. The van der Waals surface area contributed by atoms with E-state index in [1.165, 1.54) is 0 Å². The lowest BCUT2D eigenvalue weighted by Crippen LogP contribution is -2.42. The monoisotopic (exact) mass is 296 g/mol. The largest absolute Gasteiger partial charge is 0.393 e. The van der Waals surface area contributed by atoms with Crippen molar-refractivity contribution in [1.82, 2.24) is 10.2 Å². The zero-order valence-electron chi connectivity index (χ0n) is 11.5. The van der Waals surface area contributed by atoms with E-state index >= 15 is 0 Å². The van der Waals surface area contributed by atoms with E-state index in [2.05, 4.69) is 10.2 Å². The maximum atomic E-state index is 11.8. The van der Waals surface area contributed by atoms with E-state index < -0.39 is 0 Å². The third-order valence-corrected chi connectivity index (χ3v) is 3.78. The van der Waals surface area contributed by atoms with E-state index in [4.69, 9.17) is 11.6 Å². The van der Waals surface area contributed by atoms with Crippen molar-refractivity contribution in [3.8, 4) is 0 Å². The molecule has 0 bridgehead atoms. The fraction of sp³-hybridized carbons (Fsp3) is 0.533. The molecule has 1 aromatic carbocycles. The van der Waals surface area contributed by atoms with Crippen LogP contribution in [-0.2, 0) is 11.2 Å². The predicted molar refractivity (Wildman–Crippen MR) is 79.8 cm³/mol. The minimum absolute atomic E-state index is 0.0448. The Labute approximate surface area is 124 Å². The smallest absolute Gasteiger partial charge is 0.234 e. The molecular weight excluding hydrogens is 276 g/mol. The number of hydrogen-bond donors (Lipinski definition) is 2. The number of aliphatic hydroxyl groups excluding tert-OH is 1. The fourth-order valence-corrected chi connectivity index (χ4v) is 2.59. The summed E-state index contributed by atoms with van der Waals surface area (Å²) in [5.74, 6) is 0.0448. The Morgan fingerprint density at radius 2 is 2.15 bits per heavy atom. The molecule has 0 saturated carbocycles. The molecule has 2 rings (SSSR count). The van der Waals surface area contributed by atoms with Gasteiger partial charge in [0.2, 0.25) is 5.91 Å². The van der Waals surface area contributed by atoms with Crippen LogP contribution in [-0.4, -0.2) is 48.2 Å². The number of carbonyl (C=O) groups excluding carboxylic acids is 1. The van der Waals surface area contributed by atoms with Crippen molar-refractivity contribution < 1.29 is 9.90 Å². The molecule has 110 valence electrons. The van der Waals surface area contributed by atoms with E-state index in [9.17, 15) is 9.90 Å². The molecule has 0 radical (unpaired) electrons. The minimum atomic E-state index is -0.197. The topological polar surface area (TPSA) is 52.6 Å². The summed E-state index contributed by atoms with van der Waals surface area (Å²) in [6, 6.07) is 7.68. The zero-order chi connectivity index (χ0) is 14.4. The lowest BCUT2D eigenvalue weighted by Gasteiger charge is -2.28.